The fourth-order valence-electron chi connectivity index (χ4n) is 7.71. The largest absolute Gasteiger partial charge is 0.357 e. The molecule has 0 spiro atoms. The minimum atomic E-state index is -0.583. The lowest BCUT2D eigenvalue weighted by molar-refractivity contribution is -0.132. The summed E-state index contributed by atoms with van der Waals surface area (Å²) in [5.41, 5.74) is 6.15. The number of piperidine rings is 1. The van der Waals surface area contributed by atoms with E-state index in [1.54, 1.807) is 18.3 Å². The number of imide groups is 1. The fourth-order valence-corrected chi connectivity index (χ4v) is 7.71. The molecule has 5 aromatic rings. The molecule has 4 amide bonds. The van der Waals surface area contributed by atoms with Crippen LogP contribution in [0.15, 0.2) is 48.7 Å². The molecule has 8 rings (SSSR count). The number of nitrogens with one attached hydrogen (secondary N) is 4. The maximum atomic E-state index is 15.2. The molecule has 2 aromatic carbocycles. The van der Waals surface area contributed by atoms with Gasteiger partial charge in [-0.25, -0.2) is 9.37 Å². The molecule has 0 bridgehead atoms. The standard InChI is InChI=1S/C38H40FN7O2.C5H7NO2/c1-24-28-19-31(39)29(38(48)43-36-21-32-26(22-40-36)18-33(42-32)34-15-11-16-45(34)2)20-35(28)46(44-24)17-9-7-5-3-4-6-8-12-25-13-10-14-27-30(25)23-41-37(27)47;7-4-2-1-3-5(8)6-4/h10,13-14,18-22,34,42H,3-7,9,11,15-17,23H2,1-2H3,(H,41,47)(H,40,43,48);1-3H2,(H,6,7,8). The number of anilines is 1. The van der Waals surface area contributed by atoms with Gasteiger partial charge in [0, 0.05) is 78.3 Å². The van der Waals surface area contributed by atoms with Gasteiger partial charge in [0.05, 0.1) is 22.3 Å². The predicted octanol–water partition coefficient (Wildman–Crippen LogP) is 6.83. The minimum absolute atomic E-state index is 0.0231. The second kappa shape index (κ2) is 17.3. The molecule has 0 saturated carbocycles. The Morgan fingerprint density at radius 2 is 1.82 bits per heavy atom. The predicted molar refractivity (Wildman–Crippen MR) is 212 cm³/mol. The highest BCUT2D eigenvalue weighted by atomic mass is 19.1. The van der Waals surface area contributed by atoms with E-state index in [2.05, 4.69) is 60.9 Å². The highest BCUT2D eigenvalue weighted by molar-refractivity contribution is 6.06. The van der Waals surface area contributed by atoms with Gasteiger partial charge >= 0.3 is 0 Å². The number of aromatic nitrogens is 4. The highest BCUT2D eigenvalue weighted by Gasteiger charge is 2.25. The van der Waals surface area contributed by atoms with E-state index in [0.717, 1.165) is 96.0 Å². The van der Waals surface area contributed by atoms with Crippen molar-refractivity contribution in [1.29, 1.82) is 0 Å². The topological polar surface area (TPSA) is 154 Å². The van der Waals surface area contributed by atoms with Gasteiger partial charge in [-0.2, -0.15) is 5.10 Å². The van der Waals surface area contributed by atoms with Crippen molar-refractivity contribution in [3.05, 3.63) is 88.1 Å². The number of pyridine rings is 1. The van der Waals surface area contributed by atoms with Gasteiger partial charge in [-0.05, 0) is 88.5 Å². The van der Waals surface area contributed by atoms with E-state index in [1.807, 2.05) is 29.8 Å². The molecule has 2 fully saturated rings. The maximum Gasteiger partial charge on any atom is 0.259 e. The van der Waals surface area contributed by atoms with E-state index in [0.29, 0.717) is 49.6 Å². The summed E-state index contributed by atoms with van der Waals surface area (Å²) in [7, 11) is 2.13. The van der Waals surface area contributed by atoms with E-state index in [4.69, 9.17) is 0 Å². The zero-order valence-electron chi connectivity index (χ0n) is 31.9. The lowest BCUT2D eigenvalue weighted by atomic mass is 10.0. The molecule has 290 valence electrons. The van der Waals surface area contributed by atoms with Crippen molar-refractivity contribution in [1.82, 2.24) is 35.3 Å². The third-order valence-corrected chi connectivity index (χ3v) is 10.7. The molecular weight excluding hydrogens is 712 g/mol. The van der Waals surface area contributed by atoms with Crippen molar-refractivity contribution >= 4 is 51.3 Å². The molecule has 3 aromatic heterocycles. The highest BCUT2D eigenvalue weighted by Crippen LogP contribution is 2.32. The average molecular weight is 759 g/mol. The van der Waals surface area contributed by atoms with Crippen LogP contribution in [0.4, 0.5) is 10.2 Å². The third kappa shape index (κ3) is 8.81. The number of carbonyl (C=O) groups is 4. The summed E-state index contributed by atoms with van der Waals surface area (Å²) in [5.74, 6) is 5.45. The van der Waals surface area contributed by atoms with Crippen LogP contribution in [-0.4, -0.2) is 61.9 Å². The Morgan fingerprint density at radius 1 is 1.02 bits per heavy atom. The number of aryl methyl sites for hydroxylation is 2. The Kier molecular flexibility index (Phi) is 11.9. The number of benzene rings is 2. The van der Waals surface area contributed by atoms with Crippen LogP contribution < -0.4 is 16.0 Å². The van der Waals surface area contributed by atoms with Crippen molar-refractivity contribution in [2.45, 2.75) is 96.7 Å². The molecule has 0 radical (unpaired) electrons. The monoisotopic (exact) mass is 758 g/mol. The number of hydrogen-bond acceptors (Lipinski definition) is 7. The molecule has 4 N–H and O–H groups in total. The smallest absolute Gasteiger partial charge is 0.259 e. The summed E-state index contributed by atoms with van der Waals surface area (Å²) in [6.07, 6.45) is 11.7. The summed E-state index contributed by atoms with van der Waals surface area (Å²) < 4.78 is 17.1. The Bertz CT molecular complexity index is 2360. The van der Waals surface area contributed by atoms with E-state index < -0.39 is 11.7 Å². The van der Waals surface area contributed by atoms with Crippen molar-refractivity contribution in [2.24, 2.45) is 0 Å². The molecule has 56 heavy (non-hydrogen) atoms. The molecule has 13 heteroatoms. The molecule has 2 saturated heterocycles. The summed E-state index contributed by atoms with van der Waals surface area (Å²) in [4.78, 5) is 56.1. The zero-order valence-corrected chi connectivity index (χ0v) is 31.9. The number of hydrogen-bond donors (Lipinski definition) is 4. The van der Waals surface area contributed by atoms with Crippen LogP contribution in [-0.2, 0) is 22.7 Å². The molecular formula is C43H47FN8O4. The first-order valence-corrected chi connectivity index (χ1v) is 19.5. The van der Waals surface area contributed by atoms with Crippen LogP contribution in [0.2, 0.25) is 0 Å². The molecule has 0 aliphatic carbocycles. The number of nitrogens with zero attached hydrogens (tertiary/aromatic N) is 4. The zero-order chi connectivity index (χ0) is 39.2. The number of unbranched alkanes of at least 4 members (excludes halogenated alkanes) is 5. The molecule has 1 atom stereocenters. The molecule has 1 unspecified atom stereocenters. The summed E-state index contributed by atoms with van der Waals surface area (Å²) in [6.45, 7) is 4.18. The second-order valence-corrected chi connectivity index (χ2v) is 14.8. The second-order valence-electron chi connectivity index (χ2n) is 14.8. The lowest BCUT2D eigenvalue weighted by Crippen LogP contribution is -2.33. The van der Waals surface area contributed by atoms with Crippen molar-refractivity contribution in [3.8, 4) is 11.8 Å². The van der Waals surface area contributed by atoms with Gasteiger partial charge in [0.25, 0.3) is 11.8 Å². The Hall–Kier alpha value is -5.87. The van der Waals surface area contributed by atoms with Gasteiger partial charge in [0.1, 0.15) is 11.6 Å². The fraction of sp³-hybridized carbons (Fsp3) is 0.395. The molecule has 6 heterocycles. The van der Waals surface area contributed by atoms with Crippen molar-refractivity contribution < 1.29 is 23.6 Å². The first-order chi connectivity index (χ1) is 27.1. The van der Waals surface area contributed by atoms with Crippen LogP contribution in [0.1, 0.15) is 120 Å². The van der Waals surface area contributed by atoms with E-state index in [9.17, 15) is 19.2 Å². The van der Waals surface area contributed by atoms with E-state index >= 15 is 4.39 Å². The number of H-pyrrole nitrogens is 1. The molecule has 12 nitrogen and oxygen atoms in total. The number of carbonyl (C=O) groups excluding carboxylic acids is 4. The van der Waals surface area contributed by atoms with Crippen molar-refractivity contribution in [3.63, 3.8) is 0 Å². The van der Waals surface area contributed by atoms with Gasteiger partial charge < -0.3 is 15.6 Å². The normalized spacial score (nSPS) is 16.6. The minimum Gasteiger partial charge on any atom is -0.357 e. The van der Waals surface area contributed by atoms with E-state index in [-0.39, 0.29) is 23.3 Å². The Morgan fingerprint density at radius 3 is 2.59 bits per heavy atom. The van der Waals surface area contributed by atoms with E-state index in [1.165, 1.54) is 12.5 Å². The molecule has 3 aliphatic rings. The Labute approximate surface area is 325 Å². The number of amides is 4. The summed E-state index contributed by atoms with van der Waals surface area (Å²) in [6, 6.07) is 13.0. The van der Waals surface area contributed by atoms with Crippen LogP contribution >= 0.6 is 0 Å². The van der Waals surface area contributed by atoms with Gasteiger partial charge in [-0.3, -0.25) is 34.1 Å². The Balaban J connectivity index is 0.000000536. The third-order valence-electron chi connectivity index (χ3n) is 10.7. The van der Waals surface area contributed by atoms with Gasteiger partial charge in [0.2, 0.25) is 11.8 Å². The molecule has 3 aliphatic heterocycles. The van der Waals surface area contributed by atoms with Crippen LogP contribution in [0.25, 0.3) is 21.8 Å². The number of likely N-dealkylation sites (tertiary alicyclic amines) is 1. The summed E-state index contributed by atoms with van der Waals surface area (Å²) in [5, 5.41) is 14.2. The van der Waals surface area contributed by atoms with Crippen LogP contribution in [0.3, 0.4) is 0 Å². The number of fused-ring (bicyclic) bond motifs is 3. The SMILES string of the molecule is Cc1nn(CCCCCCCC#Cc2cccc3c2CNC3=O)c2cc(C(=O)Nc3cc4[nH]c(C5CCCN5C)cc4cn3)c(F)cc12.O=C1CCCC(=O)N1. The number of aromatic amines is 1. The first kappa shape index (κ1) is 38.4. The van der Waals surface area contributed by atoms with Gasteiger partial charge in [-0.1, -0.05) is 37.2 Å². The average Bonchev–Trinajstić information content (AvgIpc) is 3.96. The van der Waals surface area contributed by atoms with Crippen molar-refractivity contribution in [2.75, 3.05) is 18.9 Å². The quantitative estimate of drug-likeness (QED) is 0.0692. The van der Waals surface area contributed by atoms with Gasteiger partial charge in [-0.15, -0.1) is 0 Å². The first-order valence-electron chi connectivity index (χ1n) is 19.5. The van der Waals surface area contributed by atoms with Crippen LogP contribution in [0.5, 0.6) is 0 Å². The van der Waals surface area contributed by atoms with Crippen LogP contribution in [0, 0.1) is 24.6 Å². The number of halogens is 1. The summed E-state index contributed by atoms with van der Waals surface area (Å²) >= 11 is 0. The lowest BCUT2D eigenvalue weighted by Gasteiger charge is -2.17. The maximum absolute atomic E-state index is 15.2. The van der Waals surface area contributed by atoms with Gasteiger partial charge in [0.15, 0.2) is 0 Å². The number of rotatable bonds is 10.